The molecule has 0 heterocycles. The molecule has 0 rings (SSSR count). The molecule has 0 aromatic carbocycles. The average molecular weight is 286 g/mol. The van der Waals surface area contributed by atoms with E-state index < -0.39 is 53.8 Å². The normalized spacial score (nSPS) is 9.35. The minimum Gasteiger partial charge on any atom is -0.478 e. The Morgan fingerprint density at radius 3 is 1.40 bits per heavy atom. The predicted octanol–water partition coefficient (Wildman–Crippen LogP) is 0.347. The van der Waals surface area contributed by atoms with Crippen molar-refractivity contribution in [3.05, 3.63) is 11.5 Å². The van der Waals surface area contributed by atoms with Crippen molar-refractivity contribution in [3.63, 3.8) is 0 Å². The molecule has 1 N–H and O–H groups in total. The van der Waals surface area contributed by atoms with Gasteiger partial charge in [0, 0.05) is 0 Å². The lowest BCUT2D eigenvalue weighted by molar-refractivity contribution is -0.155. The van der Waals surface area contributed by atoms with E-state index in [1.807, 2.05) is 0 Å². The number of esters is 2. The second kappa shape index (κ2) is 7.82. The summed E-state index contributed by atoms with van der Waals surface area (Å²) in [6, 6.07) is 0. The van der Waals surface area contributed by atoms with Crippen LogP contribution in [0.15, 0.2) is 11.5 Å². The summed E-state index contributed by atoms with van der Waals surface area (Å²) >= 11 is 0. The number of carbonyl (C=O) groups excluding carboxylic acids is 4. The van der Waals surface area contributed by atoms with E-state index >= 15 is 0 Å². The van der Waals surface area contributed by atoms with E-state index in [1.54, 1.807) is 0 Å². The van der Waals surface area contributed by atoms with Gasteiger partial charge in [-0.15, -0.1) is 0 Å². The molecule has 0 saturated heterocycles. The third kappa shape index (κ3) is 7.04. The van der Waals surface area contributed by atoms with Crippen LogP contribution in [0.2, 0.25) is 0 Å². The van der Waals surface area contributed by atoms with Gasteiger partial charge in [0.05, 0.1) is 0 Å². The van der Waals surface area contributed by atoms with E-state index in [9.17, 15) is 24.0 Å². The SMILES string of the molecule is CC(=O)CC(=O)OC(OC(=O)CC(C)=O)=C(C)C(=O)O. The third-order valence-electron chi connectivity index (χ3n) is 1.83. The number of Topliss-reactive ketones (excluding diaryl/α,β-unsaturated/α-hetero) is 2. The molecule has 0 aliphatic heterocycles. The fourth-order valence-corrected chi connectivity index (χ4v) is 0.947. The maximum atomic E-state index is 11.3. The number of aliphatic carboxylic acids is 1. The van der Waals surface area contributed by atoms with Crippen molar-refractivity contribution in [3.8, 4) is 0 Å². The number of hydrogen-bond acceptors (Lipinski definition) is 7. The molecule has 8 heteroatoms. The zero-order valence-electron chi connectivity index (χ0n) is 11.2. The van der Waals surface area contributed by atoms with Crippen molar-refractivity contribution in [1.29, 1.82) is 0 Å². The molecule has 0 aromatic rings. The fourth-order valence-electron chi connectivity index (χ4n) is 0.947. The van der Waals surface area contributed by atoms with E-state index in [4.69, 9.17) is 5.11 Å². The van der Waals surface area contributed by atoms with Gasteiger partial charge in [0.1, 0.15) is 30.0 Å². The van der Waals surface area contributed by atoms with Gasteiger partial charge in [0.15, 0.2) is 0 Å². The van der Waals surface area contributed by atoms with E-state index in [-0.39, 0.29) is 0 Å². The third-order valence-corrected chi connectivity index (χ3v) is 1.83. The molecular weight excluding hydrogens is 272 g/mol. The van der Waals surface area contributed by atoms with Gasteiger partial charge in [0.25, 0.3) is 0 Å². The van der Waals surface area contributed by atoms with Crippen LogP contribution < -0.4 is 0 Å². The standard InChI is InChI=1S/C12H14O8/c1-6(13)4-9(15)19-12(8(3)11(17)18)20-10(16)5-7(2)14/h4-5H2,1-3H3,(H,17,18). The van der Waals surface area contributed by atoms with E-state index in [1.165, 1.54) is 0 Å². The molecule has 0 aliphatic rings. The molecule has 0 radical (unpaired) electrons. The lowest BCUT2D eigenvalue weighted by Crippen LogP contribution is -2.17. The minimum atomic E-state index is -1.48. The Morgan fingerprint density at radius 1 is 0.800 bits per heavy atom. The largest absolute Gasteiger partial charge is 0.478 e. The Kier molecular flexibility index (Phi) is 6.84. The second-order valence-corrected chi connectivity index (χ2v) is 3.92. The number of carbonyl (C=O) groups is 5. The van der Waals surface area contributed by atoms with Gasteiger partial charge in [-0.3, -0.25) is 19.2 Å². The summed E-state index contributed by atoms with van der Waals surface area (Å²) in [5.74, 6) is -5.47. The lowest BCUT2D eigenvalue weighted by Gasteiger charge is -2.09. The van der Waals surface area contributed by atoms with Crippen molar-refractivity contribution in [1.82, 2.24) is 0 Å². The van der Waals surface area contributed by atoms with Crippen LogP contribution in [0.4, 0.5) is 0 Å². The second-order valence-electron chi connectivity index (χ2n) is 3.92. The summed E-state index contributed by atoms with van der Waals surface area (Å²) in [4.78, 5) is 54.7. The number of carboxylic acid groups (broad SMARTS) is 1. The van der Waals surface area contributed by atoms with Gasteiger partial charge in [0.2, 0.25) is 0 Å². The van der Waals surface area contributed by atoms with Crippen LogP contribution in [0.1, 0.15) is 33.6 Å². The summed E-state index contributed by atoms with van der Waals surface area (Å²) in [7, 11) is 0. The highest BCUT2D eigenvalue weighted by Gasteiger charge is 2.21. The topological polar surface area (TPSA) is 124 Å². The van der Waals surface area contributed by atoms with Crippen LogP contribution in [0, 0.1) is 0 Å². The van der Waals surface area contributed by atoms with Gasteiger partial charge in [-0.2, -0.15) is 0 Å². The smallest absolute Gasteiger partial charge is 0.338 e. The van der Waals surface area contributed by atoms with Crippen LogP contribution in [0.5, 0.6) is 0 Å². The molecule has 0 fully saturated rings. The highest BCUT2D eigenvalue weighted by Crippen LogP contribution is 2.11. The molecule has 8 nitrogen and oxygen atoms in total. The quantitative estimate of drug-likeness (QED) is 0.307. The predicted molar refractivity (Wildman–Crippen MR) is 63.1 cm³/mol. The molecule has 20 heavy (non-hydrogen) atoms. The number of ketones is 2. The zero-order chi connectivity index (χ0) is 15.9. The molecule has 0 bridgehead atoms. The van der Waals surface area contributed by atoms with Gasteiger partial charge >= 0.3 is 23.9 Å². The van der Waals surface area contributed by atoms with Crippen LogP contribution in [-0.2, 0) is 33.4 Å². The molecule has 0 saturated carbocycles. The molecular formula is C12H14O8. The van der Waals surface area contributed by atoms with Gasteiger partial charge in [-0.25, -0.2) is 4.79 Å². The van der Waals surface area contributed by atoms with Crippen LogP contribution >= 0.6 is 0 Å². The lowest BCUT2D eigenvalue weighted by atomic mass is 10.3. The van der Waals surface area contributed by atoms with Crippen molar-refractivity contribution in [2.75, 3.05) is 0 Å². The molecule has 0 atom stereocenters. The first-order valence-corrected chi connectivity index (χ1v) is 5.47. The Hall–Kier alpha value is -2.51. The van der Waals surface area contributed by atoms with Crippen molar-refractivity contribution in [2.24, 2.45) is 0 Å². The molecule has 0 unspecified atom stereocenters. The first-order valence-electron chi connectivity index (χ1n) is 5.47. The Morgan fingerprint density at radius 2 is 1.15 bits per heavy atom. The highest BCUT2D eigenvalue weighted by molar-refractivity contribution is 5.96. The van der Waals surface area contributed by atoms with Crippen LogP contribution in [0.25, 0.3) is 0 Å². The van der Waals surface area contributed by atoms with E-state index in [0.717, 1.165) is 20.8 Å². The van der Waals surface area contributed by atoms with Crippen LogP contribution in [-0.4, -0.2) is 34.6 Å². The maximum Gasteiger partial charge on any atom is 0.338 e. The van der Waals surface area contributed by atoms with E-state index in [2.05, 4.69) is 9.47 Å². The average Bonchev–Trinajstić information content (AvgIpc) is 2.24. The number of carboxylic acids is 1. The zero-order valence-corrected chi connectivity index (χ0v) is 11.2. The molecule has 0 spiro atoms. The van der Waals surface area contributed by atoms with Crippen LogP contribution in [0.3, 0.4) is 0 Å². The Labute approximate surface area is 114 Å². The fraction of sp³-hybridized carbons (Fsp3) is 0.417. The van der Waals surface area contributed by atoms with Crippen molar-refractivity contribution in [2.45, 2.75) is 33.6 Å². The minimum absolute atomic E-state index is 0.502. The Balaban J connectivity index is 5.03. The molecule has 0 aliphatic carbocycles. The van der Waals surface area contributed by atoms with E-state index in [0.29, 0.717) is 0 Å². The Bertz CT molecular complexity index is 454. The first-order chi connectivity index (χ1) is 9.13. The molecule has 0 amide bonds. The van der Waals surface area contributed by atoms with Gasteiger partial charge in [-0.05, 0) is 20.8 Å². The number of hydrogen-bond donors (Lipinski definition) is 1. The summed E-state index contributed by atoms with van der Waals surface area (Å²) in [6.07, 6.45) is -1.19. The summed E-state index contributed by atoms with van der Waals surface area (Å²) in [5, 5.41) is 8.77. The number of ether oxygens (including phenoxy) is 2. The number of rotatable bonds is 7. The maximum absolute atomic E-state index is 11.3. The summed E-state index contributed by atoms with van der Waals surface area (Å²) < 4.78 is 9.04. The summed E-state index contributed by atoms with van der Waals surface area (Å²) in [5.41, 5.74) is -0.543. The molecule has 0 aromatic heterocycles. The van der Waals surface area contributed by atoms with Crippen molar-refractivity contribution >= 4 is 29.5 Å². The first kappa shape index (κ1) is 17.5. The van der Waals surface area contributed by atoms with Crippen molar-refractivity contribution < 1.29 is 38.6 Å². The molecule has 110 valence electrons. The summed E-state index contributed by atoms with van der Waals surface area (Å²) in [6.45, 7) is 3.31. The van der Waals surface area contributed by atoms with Gasteiger partial charge in [-0.1, -0.05) is 0 Å². The van der Waals surface area contributed by atoms with Gasteiger partial charge < -0.3 is 14.6 Å². The highest BCUT2D eigenvalue weighted by atomic mass is 16.7. The monoisotopic (exact) mass is 286 g/mol.